The number of hydrogen-bond donors (Lipinski definition) is 0. The highest BCUT2D eigenvalue weighted by atomic mass is 16.2. The summed E-state index contributed by atoms with van der Waals surface area (Å²) >= 11 is 0. The van der Waals surface area contributed by atoms with Crippen molar-refractivity contribution in [1.29, 1.82) is 0 Å². The minimum absolute atomic E-state index is 0.0796. The molecule has 0 N–H and O–H groups in total. The third kappa shape index (κ3) is 3.48. The molecule has 4 heteroatoms. The van der Waals surface area contributed by atoms with E-state index in [1.165, 1.54) is 0 Å². The second-order valence-electron chi connectivity index (χ2n) is 5.60. The summed E-state index contributed by atoms with van der Waals surface area (Å²) < 4.78 is 1.89. The summed E-state index contributed by atoms with van der Waals surface area (Å²) in [5.74, 6) is -0.0796. The standard InChI is InChI=1S/C19H19N3O/c1-15-10-11-18-20-17(14-22(18)13-15)19(23)21(2)12-6-9-16-7-4-3-5-8-16/h3-11,13-14H,12H2,1-2H3. The molecule has 0 aliphatic heterocycles. The first-order chi connectivity index (χ1) is 11.1. The van der Waals surface area contributed by atoms with Gasteiger partial charge in [-0.15, -0.1) is 0 Å². The number of amides is 1. The van der Waals surface area contributed by atoms with Crippen molar-refractivity contribution in [2.24, 2.45) is 0 Å². The maximum atomic E-state index is 12.5. The Bertz CT molecular complexity index is 849. The molecule has 0 bridgehead atoms. The smallest absolute Gasteiger partial charge is 0.274 e. The number of fused-ring (bicyclic) bond motifs is 1. The molecule has 2 heterocycles. The van der Waals surface area contributed by atoms with Crippen LogP contribution in [0.25, 0.3) is 11.7 Å². The molecule has 1 aromatic carbocycles. The largest absolute Gasteiger partial charge is 0.337 e. The molecule has 0 saturated heterocycles. The number of pyridine rings is 1. The quantitative estimate of drug-likeness (QED) is 0.740. The molecule has 0 radical (unpaired) electrons. The first kappa shape index (κ1) is 15.0. The fourth-order valence-electron chi connectivity index (χ4n) is 2.40. The molecule has 1 amide bonds. The monoisotopic (exact) mass is 305 g/mol. The third-order valence-electron chi connectivity index (χ3n) is 3.65. The van der Waals surface area contributed by atoms with E-state index in [0.29, 0.717) is 12.2 Å². The van der Waals surface area contributed by atoms with Gasteiger partial charge in [-0.05, 0) is 24.1 Å². The van der Waals surface area contributed by atoms with Crippen LogP contribution >= 0.6 is 0 Å². The van der Waals surface area contributed by atoms with Gasteiger partial charge in [-0.2, -0.15) is 0 Å². The Morgan fingerprint density at radius 1 is 1.17 bits per heavy atom. The Hall–Kier alpha value is -2.88. The van der Waals surface area contributed by atoms with Crippen LogP contribution in [0.5, 0.6) is 0 Å². The number of hydrogen-bond acceptors (Lipinski definition) is 2. The highest BCUT2D eigenvalue weighted by Crippen LogP contribution is 2.09. The van der Waals surface area contributed by atoms with Gasteiger partial charge in [-0.1, -0.05) is 48.6 Å². The van der Waals surface area contributed by atoms with Crippen LogP contribution < -0.4 is 0 Å². The summed E-state index contributed by atoms with van der Waals surface area (Å²) in [5, 5.41) is 0. The van der Waals surface area contributed by atoms with Crippen molar-refractivity contribution in [3.8, 4) is 0 Å². The van der Waals surface area contributed by atoms with E-state index in [1.807, 2.05) is 72.1 Å². The van der Waals surface area contributed by atoms with Gasteiger partial charge < -0.3 is 9.30 Å². The summed E-state index contributed by atoms with van der Waals surface area (Å²) in [6, 6.07) is 13.9. The summed E-state index contributed by atoms with van der Waals surface area (Å²) in [5.41, 5.74) is 3.50. The molecule has 0 atom stereocenters. The second-order valence-corrected chi connectivity index (χ2v) is 5.60. The van der Waals surface area contributed by atoms with Crippen molar-refractivity contribution in [1.82, 2.24) is 14.3 Å². The van der Waals surface area contributed by atoms with Gasteiger partial charge in [0.15, 0.2) is 0 Å². The van der Waals surface area contributed by atoms with Gasteiger partial charge in [0.05, 0.1) is 0 Å². The molecule has 3 rings (SSSR count). The lowest BCUT2D eigenvalue weighted by atomic mass is 10.2. The first-order valence-corrected chi connectivity index (χ1v) is 7.56. The van der Waals surface area contributed by atoms with Crippen LogP contribution in [0.1, 0.15) is 21.6 Å². The molecule has 4 nitrogen and oxygen atoms in total. The molecule has 23 heavy (non-hydrogen) atoms. The zero-order valence-electron chi connectivity index (χ0n) is 13.3. The predicted molar refractivity (Wildman–Crippen MR) is 92.4 cm³/mol. The molecule has 0 aliphatic carbocycles. The molecule has 116 valence electrons. The van der Waals surface area contributed by atoms with Gasteiger partial charge in [-0.3, -0.25) is 4.79 Å². The number of nitrogens with zero attached hydrogens (tertiary/aromatic N) is 3. The lowest BCUT2D eigenvalue weighted by molar-refractivity contribution is 0.0805. The van der Waals surface area contributed by atoms with E-state index in [2.05, 4.69) is 4.98 Å². The topological polar surface area (TPSA) is 37.6 Å². The van der Waals surface area contributed by atoms with E-state index >= 15 is 0 Å². The van der Waals surface area contributed by atoms with Gasteiger partial charge in [0.25, 0.3) is 5.91 Å². The van der Waals surface area contributed by atoms with E-state index in [9.17, 15) is 4.79 Å². The van der Waals surface area contributed by atoms with Crippen LogP contribution in [0.4, 0.5) is 0 Å². The average molecular weight is 305 g/mol. The van der Waals surface area contributed by atoms with Crippen LogP contribution in [-0.2, 0) is 0 Å². The van der Waals surface area contributed by atoms with E-state index in [1.54, 1.807) is 18.1 Å². The van der Waals surface area contributed by atoms with Crippen molar-refractivity contribution in [3.63, 3.8) is 0 Å². The Kier molecular flexibility index (Phi) is 4.24. The normalized spacial score (nSPS) is 11.2. The van der Waals surface area contributed by atoms with E-state index in [-0.39, 0.29) is 5.91 Å². The number of imidazole rings is 1. The summed E-state index contributed by atoms with van der Waals surface area (Å²) in [7, 11) is 1.78. The van der Waals surface area contributed by atoms with Crippen molar-refractivity contribution < 1.29 is 4.79 Å². The summed E-state index contributed by atoms with van der Waals surface area (Å²) in [6.45, 7) is 2.56. The van der Waals surface area contributed by atoms with Gasteiger partial charge in [0.2, 0.25) is 0 Å². The van der Waals surface area contributed by atoms with Crippen LogP contribution in [0.2, 0.25) is 0 Å². The van der Waals surface area contributed by atoms with Crippen LogP contribution in [0, 0.1) is 6.92 Å². The fourth-order valence-corrected chi connectivity index (χ4v) is 2.40. The molecule has 2 aromatic heterocycles. The Labute approximate surface area is 135 Å². The molecule has 0 unspecified atom stereocenters. The number of likely N-dealkylation sites (N-methyl/N-ethyl adjacent to an activating group) is 1. The fraction of sp³-hybridized carbons (Fsp3) is 0.158. The van der Waals surface area contributed by atoms with Gasteiger partial charge in [0.1, 0.15) is 11.3 Å². The minimum Gasteiger partial charge on any atom is -0.337 e. The lowest BCUT2D eigenvalue weighted by Crippen LogP contribution is -2.27. The van der Waals surface area contributed by atoms with Gasteiger partial charge in [-0.25, -0.2) is 4.98 Å². The summed E-state index contributed by atoms with van der Waals surface area (Å²) in [4.78, 5) is 18.5. The number of carbonyl (C=O) groups is 1. The maximum Gasteiger partial charge on any atom is 0.274 e. The number of aromatic nitrogens is 2. The lowest BCUT2D eigenvalue weighted by Gasteiger charge is -2.12. The van der Waals surface area contributed by atoms with Crippen molar-refractivity contribution in [3.05, 3.63) is 77.8 Å². The van der Waals surface area contributed by atoms with E-state index < -0.39 is 0 Å². The number of rotatable bonds is 4. The van der Waals surface area contributed by atoms with Crippen molar-refractivity contribution >= 4 is 17.6 Å². The third-order valence-corrected chi connectivity index (χ3v) is 3.65. The zero-order chi connectivity index (χ0) is 16.2. The molecule has 0 spiro atoms. The average Bonchev–Trinajstić information content (AvgIpc) is 2.98. The molecule has 3 aromatic rings. The van der Waals surface area contributed by atoms with E-state index in [4.69, 9.17) is 0 Å². The highest BCUT2D eigenvalue weighted by Gasteiger charge is 2.14. The SMILES string of the molecule is Cc1ccc2nc(C(=O)N(C)CC=Cc3ccccc3)cn2c1. The van der Waals surface area contributed by atoms with Crippen LogP contribution in [0.15, 0.2) is 60.9 Å². The Balaban J connectivity index is 1.69. The molecule has 0 aliphatic rings. The van der Waals surface area contributed by atoms with E-state index in [0.717, 1.165) is 16.8 Å². The number of aryl methyl sites for hydroxylation is 1. The number of carbonyl (C=O) groups excluding carboxylic acids is 1. The zero-order valence-corrected chi connectivity index (χ0v) is 13.3. The molecular weight excluding hydrogens is 286 g/mol. The molecule has 0 fully saturated rings. The summed E-state index contributed by atoms with van der Waals surface area (Å²) in [6.07, 6.45) is 7.74. The Morgan fingerprint density at radius 2 is 1.96 bits per heavy atom. The van der Waals surface area contributed by atoms with Gasteiger partial charge >= 0.3 is 0 Å². The predicted octanol–water partition coefficient (Wildman–Crippen LogP) is 3.43. The molecule has 0 saturated carbocycles. The highest BCUT2D eigenvalue weighted by molar-refractivity contribution is 5.92. The van der Waals surface area contributed by atoms with Crippen LogP contribution in [0.3, 0.4) is 0 Å². The number of benzene rings is 1. The Morgan fingerprint density at radius 3 is 2.74 bits per heavy atom. The second kappa shape index (κ2) is 6.48. The van der Waals surface area contributed by atoms with Crippen molar-refractivity contribution in [2.75, 3.05) is 13.6 Å². The van der Waals surface area contributed by atoms with Gasteiger partial charge in [0, 0.05) is 26.0 Å². The maximum absolute atomic E-state index is 12.5. The van der Waals surface area contributed by atoms with Crippen LogP contribution in [-0.4, -0.2) is 33.8 Å². The molecular formula is C19H19N3O. The minimum atomic E-state index is -0.0796. The van der Waals surface area contributed by atoms with Crippen molar-refractivity contribution in [2.45, 2.75) is 6.92 Å². The first-order valence-electron chi connectivity index (χ1n) is 7.56.